The molecule has 0 aliphatic heterocycles. The molecule has 1 atom stereocenters. The van der Waals surface area contributed by atoms with Gasteiger partial charge in [-0.2, -0.15) is 0 Å². The Morgan fingerprint density at radius 3 is 1.94 bits per heavy atom. The summed E-state index contributed by atoms with van der Waals surface area (Å²) in [4.78, 5) is 22.8. The Balaban J connectivity index is 5.09. The fourth-order valence-corrected chi connectivity index (χ4v) is 1.57. The highest BCUT2D eigenvalue weighted by Crippen LogP contribution is 2.27. The molecule has 0 amide bonds. The molecule has 18 heavy (non-hydrogen) atoms. The number of carboxylic acids is 1. The molecular weight excluding hydrogens is 248 g/mol. The van der Waals surface area contributed by atoms with Crippen molar-refractivity contribution in [2.45, 2.75) is 53.1 Å². The van der Waals surface area contributed by atoms with E-state index in [1.807, 2.05) is 6.92 Å². The van der Waals surface area contributed by atoms with Gasteiger partial charge in [0, 0.05) is 11.6 Å². The van der Waals surface area contributed by atoms with Gasteiger partial charge in [-0.25, -0.2) is 9.59 Å². The van der Waals surface area contributed by atoms with E-state index in [2.05, 4.69) is 19.6 Å². The molecule has 104 valence electrons. The van der Waals surface area contributed by atoms with E-state index in [-0.39, 0.29) is 11.3 Å². The van der Waals surface area contributed by atoms with Crippen molar-refractivity contribution < 1.29 is 19.4 Å². The van der Waals surface area contributed by atoms with Crippen LogP contribution in [0, 0.1) is 5.41 Å². The number of aliphatic carboxylic acids is 1. The molecule has 0 aliphatic carbocycles. The molecule has 0 aliphatic rings. The largest absolute Gasteiger partial charge is 0.478 e. The third-order valence-corrected chi connectivity index (χ3v) is 5.36. The third-order valence-electron chi connectivity index (χ3n) is 2.80. The molecule has 0 radical (unpaired) electrons. The average Bonchev–Trinajstić information content (AvgIpc) is 2.10. The number of rotatable bonds is 4. The first-order valence-corrected chi connectivity index (χ1v) is 9.59. The van der Waals surface area contributed by atoms with Gasteiger partial charge < -0.3 is 9.84 Å². The van der Waals surface area contributed by atoms with Gasteiger partial charge in [0.15, 0.2) is 0 Å². The van der Waals surface area contributed by atoms with Gasteiger partial charge >= 0.3 is 11.9 Å². The van der Waals surface area contributed by atoms with E-state index >= 15 is 0 Å². The van der Waals surface area contributed by atoms with Gasteiger partial charge in [-0.05, 0) is 12.3 Å². The van der Waals surface area contributed by atoms with Crippen LogP contribution < -0.4 is 0 Å². The molecule has 0 saturated heterocycles. The topological polar surface area (TPSA) is 63.6 Å². The lowest BCUT2D eigenvalue weighted by Gasteiger charge is -2.28. The van der Waals surface area contributed by atoms with Crippen LogP contribution in [0.4, 0.5) is 0 Å². The first-order chi connectivity index (χ1) is 7.85. The SMILES string of the molecule is CC(OC(=O)C(=CC(=O)O)C(C)(C)C)[Si](C)(C)C. The second-order valence-electron chi connectivity index (χ2n) is 6.56. The van der Waals surface area contributed by atoms with Crippen LogP contribution in [0.5, 0.6) is 0 Å². The second-order valence-corrected chi connectivity index (χ2v) is 12.1. The minimum absolute atomic E-state index is 0.149. The highest BCUT2D eigenvalue weighted by Gasteiger charge is 2.31. The van der Waals surface area contributed by atoms with Gasteiger partial charge in [0.05, 0.1) is 13.8 Å². The summed E-state index contributed by atoms with van der Waals surface area (Å²) in [5.41, 5.74) is -0.501. The van der Waals surface area contributed by atoms with E-state index < -0.39 is 25.4 Å². The van der Waals surface area contributed by atoms with Crippen LogP contribution in [0.15, 0.2) is 11.6 Å². The van der Waals surface area contributed by atoms with Crippen LogP contribution in [0.3, 0.4) is 0 Å². The van der Waals surface area contributed by atoms with Gasteiger partial charge in [0.2, 0.25) is 0 Å². The number of esters is 1. The number of carbonyl (C=O) groups excluding carboxylic acids is 1. The standard InChI is InChI=1S/C13H24O4Si/c1-9(18(5,6)7)17-12(16)10(8-11(14)15)13(2,3)4/h8-9H,1-7H3,(H,14,15). The molecular formula is C13H24O4Si. The lowest BCUT2D eigenvalue weighted by Crippen LogP contribution is -2.40. The van der Waals surface area contributed by atoms with Crippen molar-refractivity contribution in [1.82, 2.24) is 0 Å². The molecule has 1 unspecified atom stereocenters. The van der Waals surface area contributed by atoms with Crippen molar-refractivity contribution in [2.24, 2.45) is 5.41 Å². The Bertz CT molecular complexity index is 358. The van der Waals surface area contributed by atoms with Gasteiger partial charge in [-0.3, -0.25) is 0 Å². The molecule has 0 aromatic heterocycles. The van der Waals surface area contributed by atoms with Crippen molar-refractivity contribution in [2.75, 3.05) is 0 Å². The predicted octanol–water partition coefficient (Wildman–Crippen LogP) is 2.85. The van der Waals surface area contributed by atoms with Gasteiger partial charge in [-0.15, -0.1) is 0 Å². The number of ether oxygens (including phenoxy) is 1. The average molecular weight is 272 g/mol. The zero-order valence-corrected chi connectivity index (χ0v) is 13.3. The number of carboxylic acid groups (broad SMARTS) is 1. The molecule has 0 saturated carbocycles. The minimum Gasteiger partial charge on any atom is -0.478 e. The van der Waals surface area contributed by atoms with Crippen LogP contribution in [0.2, 0.25) is 19.6 Å². The Morgan fingerprint density at radius 1 is 1.22 bits per heavy atom. The third kappa shape index (κ3) is 5.49. The Hall–Kier alpha value is -1.10. The summed E-state index contributed by atoms with van der Waals surface area (Å²) in [7, 11) is -1.59. The van der Waals surface area contributed by atoms with Crippen LogP contribution in [-0.4, -0.2) is 30.8 Å². The molecule has 0 heterocycles. The maximum absolute atomic E-state index is 12.1. The molecule has 5 heteroatoms. The first-order valence-electron chi connectivity index (χ1n) is 6.02. The summed E-state index contributed by atoms with van der Waals surface area (Å²) in [6.07, 6.45) is 0.944. The van der Waals surface area contributed by atoms with Crippen LogP contribution in [0.1, 0.15) is 27.7 Å². The van der Waals surface area contributed by atoms with Crippen molar-refractivity contribution in [3.63, 3.8) is 0 Å². The van der Waals surface area contributed by atoms with Crippen LogP contribution in [0.25, 0.3) is 0 Å². The smallest absolute Gasteiger partial charge is 0.334 e. The van der Waals surface area contributed by atoms with E-state index in [0.717, 1.165) is 6.08 Å². The number of hydrogen-bond donors (Lipinski definition) is 1. The molecule has 0 bridgehead atoms. The molecule has 4 nitrogen and oxygen atoms in total. The van der Waals surface area contributed by atoms with Crippen molar-refractivity contribution >= 4 is 20.0 Å². The minimum atomic E-state index is -1.59. The van der Waals surface area contributed by atoms with Crippen molar-refractivity contribution in [3.05, 3.63) is 11.6 Å². The maximum atomic E-state index is 12.1. The summed E-state index contributed by atoms with van der Waals surface area (Å²) in [6, 6.07) is 0. The second kappa shape index (κ2) is 5.69. The molecule has 0 aromatic carbocycles. The molecule has 0 rings (SSSR count). The van der Waals surface area contributed by atoms with E-state index in [4.69, 9.17) is 9.84 Å². The summed E-state index contributed by atoms with van der Waals surface area (Å²) in [6.45, 7) is 13.5. The fraction of sp³-hybridized carbons (Fsp3) is 0.692. The normalized spacial score (nSPS) is 15.2. The van der Waals surface area contributed by atoms with Gasteiger partial charge in [-0.1, -0.05) is 40.4 Å². The quantitative estimate of drug-likeness (QED) is 0.485. The van der Waals surface area contributed by atoms with Crippen molar-refractivity contribution in [3.8, 4) is 0 Å². The molecule has 1 N–H and O–H groups in total. The predicted molar refractivity (Wildman–Crippen MR) is 74.1 cm³/mol. The summed E-state index contributed by atoms with van der Waals surface area (Å²) >= 11 is 0. The molecule has 0 aromatic rings. The van der Waals surface area contributed by atoms with E-state index in [1.54, 1.807) is 20.8 Å². The summed E-state index contributed by atoms with van der Waals surface area (Å²) in [5.74, 6) is -1.66. The zero-order chi connectivity index (χ0) is 14.7. The highest BCUT2D eigenvalue weighted by atomic mass is 28.3. The lowest BCUT2D eigenvalue weighted by atomic mass is 9.86. The molecule has 0 fully saturated rings. The Morgan fingerprint density at radius 2 is 1.67 bits per heavy atom. The van der Waals surface area contributed by atoms with Gasteiger partial charge in [0.25, 0.3) is 0 Å². The molecule has 0 spiro atoms. The number of hydrogen-bond acceptors (Lipinski definition) is 3. The Labute approximate surface area is 110 Å². The van der Waals surface area contributed by atoms with Crippen LogP contribution in [-0.2, 0) is 14.3 Å². The maximum Gasteiger partial charge on any atom is 0.334 e. The summed E-state index contributed by atoms with van der Waals surface area (Å²) < 4.78 is 5.40. The van der Waals surface area contributed by atoms with Gasteiger partial charge in [0.1, 0.15) is 0 Å². The van der Waals surface area contributed by atoms with Crippen molar-refractivity contribution in [1.29, 1.82) is 0 Å². The Kier molecular flexibility index (Phi) is 5.34. The monoisotopic (exact) mass is 272 g/mol. The highest BCUT2D eigenvalue weighted by molar-refractivity contribution is 6.77. The summed E-state index contributed by atoms with van der Waals surface area (Å²) in [5, 5.41) is 8.81. The fourth-order valence-electron chi connectivity index (χ4n) is 1.11. The van der Waals surface area contributed by atoms with Crippen LogP contribution >= 0.6 is 0 Å². The number of carbonyl (C=O) groups is 2. The van der Waals surface area contributed by atoms with E-state index in [9.17, 15) is 9.59 Å². The zero-order valence-electron chi connectivity index (χ0n) is 12.3. The van der Waals surface area contributed by atoms with E-state index in [1.165, 1.54) is 0 Å². The lowest BCUT2D eigenvalue weighted by molar-refractivity contribution is -0.142. The first kappa shape index (κ1) is 16.9. The van der Waals surface area contributed by atoms with E-state index in [0.29, 0.717) is 0 Å².